The van der Waals surface area contributed by atoms with Crippen LogP contribution < -0.4 is 5.73 Å². The number of alkyl halides is 2. The second-order valence-electron chi connectivity index (χ2n) is 7.84. The van der Waals surface area contributed by atoms with Gasteiger partial charge in [-0.05, 0) is 31.6 Å². The monoisotopic (exact) mass is 315 g/mol. The Bertz CT molecular complexity index is 537. The van der Waals surface area contributed by atoms with E-state index in [4.69, 9.17) is 28.9 Å². The van der Waals surface area contributed by atoms with Gasteiger partial charge >= 0.3 is 0 Å². The largest absolute Gasteiger partial charge is 0.402 e. The zero-order chi connectivity index (χ0) is 15.1. The highest BCUT2D eigenvalue weighted by molar-refractivity contribution is 6.52. The maximum Gasteiger partial charge on any atom is 0.164 e. The summed E-state index contributed by atoms with van der Waals surface area (Å²) in [7, 11) is 0. The van der Waals surface area contributed by atoms with E-state index in [1.54, 1.807) is 0 Å². The van der Waals surface area contributed by atoms with E-state index in [9.17, 15) is 4.79 Å². The van der Waals surface area contributed by atoms with E-state index in [1.165, 1.54) is 0 Å². The SMILES string of the molecule is CC1=C(N)C[C@]23[C@H](C1=O)C(C)(C)CCC[C@@]2(C)C3(Cl)Cl. The van der Waals surface area contributed by atoms with Crippen LogP contribution in [-0.4, -0.2) is 10.1 Å². The predicted molar refractivity (Wildman–Crippen MR) is 82.6 cm³/mol. The number of nitrogens with two attached hydrogens (primary N) is 1. The predicted octanol–water partition coefficient (Wildman–Crippen LogP) is 4.20. The van der Waals surface area contributed by atoms with Crippen LogP contribution in [0, 0.1) is 22.2 Å². The fraction of sp³-hybridized carbons (Fsp3) is 0.812. The third-order valence-corrected chi connectivity index (χ3v) is 8.04. The average molecular weight is 316 g/mol. The first-order valence-electron chi connectivity index (χ1n) is 7.40. The molecular weight excluding hydrogens is 293 g/mol. The summed E-state index contributed by atoms with van der Waals surface area (Å²) in [6.45, 7) is 8.35. The highest BCUT2D eigenvalue weighted by atomic mass is 35.5. The quantitative estimate of drug-likeness (QED) is 0.681. The van der Waals surface area contributed by atoms with Gasteiger partial charge in [0.1, 0.15) is 4.33 Å². The van der Waals surface area contributed by atoms with Crippen LogP contribution in [0.25, 0.3) is 0 Å². The number of hydrogen-bond donors (Lipinski definition) is 1. The molecule has 0 aliphatic heterocycles. The van der Waals surface area contributed by atoms with E-state index < -0.39 is 4.33 Å². The Hall–Kier alpha value is -0.210. The molecule has 4 heteroatoms. The smallest absolute Gasteiger partial charge is 0.164 e. The second kappa shape index (κ2) is 3.76. The molecule has 2 saturated carbocycles. The molecule has 0 radical (unpaired) electrons. The number of allylic oxidation sites excluding steroid dienone is 2. The standard InChI is InChI=1S/C16H23Cl2NO/c1-9-10(19)8-15-12(11(9)20)13(2,3)6-5-7-14(15,4)16(15,17)18/h12H,5-8,19H2,1-4H3/t12-,14-,15+/m1/s1. The van der Waals surface area contributed by atoms with Crippen molar-refractivity contribution in [2.75, 3.05) is 0 Å². The molecule has 3 aliphatic carbocycles. The van der Waals surface area contributed by atoms with Crippen LogP contribution in [0.3, 0.4) is 0 Å². The summed E-state index contributed by atoms with van der Waals surface area (Å²) in [6.07, 6.45) is 3.73. The average Bonchev–Trinajstić information content (AvgIpc) is 2.70. The summed E-state index contributed by atoms with van der Waals surface area (Å²) >= 11 is 13.5. The van der Waals surface area contributed by atoms with Crippen molar-refractivity contribution in [1.29, 1.82) is 0 Å². The number of carbonyl (C=O) groups excluding carboxylic acids is 1. The Morgan fingerprint density at radius 3 is 2.40 bits per heavy atom. The van der Waals surface area contributed by atoms with Crippen LogP contribution in [0.2, 0.25) is 0 Å². The first-order chi connectivity index (χ1) is 9.03. The number of ketones is 1. The van der Waals surface area contributed by atoms with E-state index in [1.807, 2.05) is 6.92 Å². The number of rotatable bonds is 0. The van der Waals surface area contributed by atoms with Gasteiger partial charge in [0.05, 0.1) is 0 Å². The molecule has 3 atom stereocenters. The van der Waals surface area contributed by atoms with Gasteiger partial charge in [0, 0.05) is 28.0 Å². The van der Waals surface area contributed by atoms with Crippen LogP contribution in [0.5, 0.6) is 0 Å². The first kappa shape index (κ1) is 14.7. The molecule has 2 fully saturated rings. The van der Waals surface area contributed by atoms with Crippen molar-refractivity contribution >= 4 is 29.0 Å². The highest BCUT2D eigenvalue weighted by Crippen LogP contribution is 2.87. The fourth-order valence-electron chi connectivity index (χ4n) is 5.17. The summed E-state index contributed by atoms with van der Waals surface area (Å²) in [6, 6.07) is 0. The van der Waals surface area contributed by atoms with E-state index >= 15 is 0 Å². The van der Waals surface area contributed by atoms with Crippen molar-refractivity contribution in [2.45, 2.75) is 57.7 Å². The van der Waals surface area contributed by atoms with Gasteiger partial charge in [-0.3, -0.25) is 4.79 Å². The van der Waals surface area contributed by atoms with Crippen molar-refractivity contribution in [3.8, 4) is 0 Å². The minimum absolute atomic E-state index is 0.0810. The minimum atomic E-state index is -0.844. The molecule has 3 rings (SSSR count). The molecule has 0 saturated heterocycles. The Morgan fingerprint density at radius 1 is 1.20 bits per heavy atom. The summed E-state index contributed by atoms with van der Waals surface area (Å²) in [5.41, 5.74) is 6.87. The van der Waals surface area contributed by atoms with Gasteiger partial charge in [-0.15, -0.1) is 23.2 Å². The van der Waals surface area contributed by atoms with Crippen LogP contribution in [0.1, 0.15) is 53.4 Å². The van der Waals surface area contributed by atoms with Gasteiger partial charge < -0.3 is 5.73 Å². The van der Waals surface area contributed by atoms with E-state index in [0.29, 0.717) is 17.7 Å². The molecule has 0 aromatic heterocycles. The van der Waals surface area contributed by atoms with E-state index in [-0.39, 0.29) is 27.9 Å². The molecular formula is C16H23Cl2NO. The van der Waals surface area contributed by atoms with Crippen molar-refractivity contribution < 1.29 is 4.79 Å². The molecule has 3 aliphatic rings. The van der Waals surface area contributed by atoms with E-state index in [2.05, 4.69) is 20.8 Å². The summed E-state index contributed by atoms with van der Waals surface area (Å²) in [5, 5.41) is 0. The first-order valence-corrected chi connectivity index (χ1v) is 8.16. The van der Waals surface area contributed by atoms with Crippen molar-refractivity contribution in [2.24, 2.45) is 27.9 Å². The van der Waals surface area contributed by atoms with Gasteiger partial charge in [-0.25, -0.2) is 0 Å². The lowest BCUT2D eigenvalue weighted by Crippen LogP contribution is -2.45. The van der Waals surface area contributed by atoms with Gasteiger partial charge in [0.25, 0.3) is 0 Å². The summed E-state index contributed by atoms with van der Waals surface area (Å²) < 4.78 is -0.844. The maximum absolute atomic E-state index is 12.9. The van der Waals surface area contributed by atoms with Crippen LogP contribution in [0.4, 0.5) is 0 Å². The molecule has 20 heavy (non-hydrogen) atoms. The Kier molecular flexibility index (Phi) is 2.76. The molecule has 0 aromatic carbocycles. The lowest BCUT2D eigenvalue weighted by Gasteiger charge is -2.43. The second-order valence-corrected chi connectivity index (χ2v) is 9.17. The molecule has 0 amide bonds. The van der Waals surface area contributed by atoms with Crippen molar-refractivity contribution in [3.63, 3.8) is 0 Å². The van der Waals surface area contributed by atoms with Crippen LogP contribution in [-0.2, 0) is 4.79 Å². The molecule has 112 valence electrons. The number of hydrogen-bond acceptors (Lipinski definition) is 2. The van der Waals surface area contributed by atoms with Gasteiger partial charge in [0.15, 0.2) is 5.78 Å². The third kappa shape index (κ3) is 1.31. The third-order valence-electron chi connectivity index (χ3n) is 6.53. The van der Waals surface area contributed by atoms with Gasteiger partial charge in [-0.1, -0.05) is 27.2 Å². The van der Waals surface area contributed by atoms with Crippen molar-refractivity contribution in [3.05, 3.63) is 11.3 Å². The molecule has 0 bridgehead atoms. The maximum atomic E-state index is 12.9. The van der Waals surface area contributed by atoms with Crippen LogP contribution in [0.15, 0.2) is 11.3 Å². The lowest BCUT2D eigenvalue weighted by atomic mass is 9.60. The van der Waals surface area contributed by atoms with Crippen LogP contribution >= 0.6 is 23.2 Å². The zero-order valence-electron chi connectivity index (χ0n) is 12.6. The molecule has 0 aromatic rings. The lowest BCUT2D eigenvalue weighted by molar-refractivity contribution is -0.127. The molecule has 0 unspecified atom stereocenters. The Labute approximate surface area is 131 Å². The highest BCUT2D eigenvalue weighted by Gasteiger charge is 2.88. The zero-order valence-corrected chi connectivity index (χ0v) is 14.2. The van der Waals surface area contributed by atoms with Gasteiger partial charge in [0.2, 0.25) is 0 Å². The topological polar surface area (TPSA) is 43.1 Å². The number of carbonyl (C=O) groups is 1. The molecule has 2 N–H and O–H groups in total. The molecule has 1 spiro atoms. The fourth-order valence-corrected chi connectivity index (χ4v) is 6.38. The normalized spacial score (nSPS) is 45.5. The minimum Gasteiger partial charge on any atom is -0.402 e. The molecule has 2 nitrogen and oxygen atoms in total. The van der Waals surface area contributed by atoms with E-state index in [0.717, 1.165) is 19.3 Å². The van der Waals surface area contributed by atoms with Gasteiger partial charge in [-0.2, -0.15) is 0 Å². The molecule has 0 heterocycles. The van der Waals surface area contributed by atoms with Crippen molar-refractivity contribution in [1.82, 2.24) is 0 Å². The summed E-state index contributed by atoms with van der Waals surface area (Å²) in [4.78, 5) is 12.9. The number of halogens is 2. The number of Topliss-reactive ketones (excluding diaryl/α,β-unsaturated/α-hetero) is 1. The Balaban J connectivity index is 2.24. The Morgan fingerprint density at radius 2 is 1.80 bits per heavy atom. The summed E-state index contributed by atoms with van der Waals surface area (Å²) in [5.74, 6) is 0.0415.